The Morgan fingerprint density at radius 3 is 2.42 bits per heavy atom. The molecule has 0 heterocycles. The Morgan fingerprint density at radius 1 is 1.17 bits per heavy atom. The molecule has 0 saturated carbocycles. The Balaban J connectivity index is 2.47. The second kappa shape index (κ2) is 4.76. The van der Waals surface area contributed by atoms with Crippen LogP contribution < -0.4 is 0 Å². The van der Waals surface area contributed by atoms with Crippen molar-refractivity contribution in [3.05, 3.63) is 47.5 Å². The Hall–Kier alpha value is -1.04. The average Bonchev–Trinajstić information content (AvgIpc) is 2.09. The van der Waals surface area contributed by atoms with E-state index in [4.69, 9.17) is 0 Å². The zero-order valence-corrected chi connectivity index (χ0v) is 7.88. The van der Waals surface area contributed by atoms with Gasteiger partial charge in [0.25, 0.3) is 0 Å². The lowest BCUT2D eigenvalue weighted by atomic mass is 10.1. The Morgan fingerprint density at radius 2 is 1.83 bits per heavy atom. The molecule has 0 unspecified atom stereocenters. The molecular formula is C12H16. The van der Waals surface area contributed by atoms with E-state index in [1.165, 1.54) is 11.1 Å². The van der Waals surface area contributed by atoms with Gasteiger partial charge in [0, 0.05) is 0 Å². The molecule has 12 heavy (non-hydrogen) atoms. The molecular weight excluding hydrogens is 144 g/mol. The molecule has 64 valence electrons. The van der Waals surface area contributed by atoms with Crippen LogP contribution in [0.25, 0.3) is 0 Å². The molecule has 0 N–H and O–H groups in total. The summed E-state index contributed by atoms with van der Waals surface area (Å²) in [5.41, 5.74) is 2.77. The minimum Gasteiger partial charge on any atom is -0.0917 e. The van der Waals surface area contributed by atoms with Crippen LogP contribution in [0, 0.1) is 6.92 Å². The van der Waals surface area contributed by atoms with E-state index in [-0.39, 0.29) is 0 Å². The van der Waals surface area contributed by atoms with Crippen molar-refractivity contribution >= 4 is 0 Å². The second-order valence-electron chi connectivity index (χ2n) is 3.09. The van der Waals surface area contributed by atoms with Crippen molar-refractivity contribution in [1.29, 1.82) is 0 Å². The molecule has 1 aromatic rings. The zero-order valence-electron chi connectivity index (χ0n) is 7.88. The molecule has 0 aliphatic heterocycles. The fourth-order valence-corrected chi connectivity index (χ4v) is 1.17. The van der Waals surface area contributed by atoms with Crippen molar-refractivity contribution in [2.24, 2.45) is 0 Å². The van der Waals surface area contributed by atoms with Crippen LogP contribution in [0.2, 0.25) is 0 Å². The lowest BCUT2D eigenvalue weighted by Gasteiger charge is -1.98. The first kappa shape index (κ1) is 9.05. The molecule has 0 heteroatoms. The molecule has 0 radical (unpaired) electrons. The van der Waals surface area contributed by atoms with E-state index < -0.39 is 0 Å². The Kier molecular flexibility index (Phi) is 3.59. The molecule has 0 nitrogen and oxygen atoms in total. The maximum Gasteiger partial charge on any atom is -0.0244 e. The first-order valence-electron chi connectivity index (χ1n) is 4.49. The van der Waals surface area contributed by atoms with Gasteiger partial charge in [-0.25, -0.2) is 0 Å². The van der Waals surface area contributed by atoms with Crippen molar-refractivity contribution in [2.75, 3.05) is 0 Å². The van der Waals surface area contributed by atoms with Crippen LogP contribution in [0.1, 0.15) is 24.5 Å². The summed E-state index contributed by atoms with van der Waals surface area (Å²) in [6.07, 6.45) is 6.62. The van der Waals surface area contributed by atoms with Crippen LogP contribution in [0.3, 0.4) is 0 Å². The van der Waals surface area contributed by atoms with E-state index in [0.29, 0.717) is 0 Å². The summed E-state index contributed by atoms with van der Waals surface area (Å²) in [6, 6.07) is 8.76. The Bertz CT molecular complexity index is 241. The summed E-state index contributed by atoms with van der Waals surface area (Å²) in [6.45, 7) is 4.19. The van der Waals surface area contributed by atoms with Gasteiger partial charge in [0.15, 0.2) is 0 Å². The van der Waals surface area contributed by atoms with Crippen LogP contribution in [-0.4, -0.2) is 0 Å². The van der Waals surface area contributed by atoms with Crippen LogP contribution >= 0.6 is 0 Å². The van der Waals surface area contributed by atoms with E-state index in [1.807, 2.05) is 0 Å². The Labute approximate surface area is 74.9 Å². The topological polar surface area (TPSA) is 0 Å². The van der Waals surface area contributed by atoms with Crippen molar-refractivity contribution < 1.29 is 0 Å². The van der Waals surface area contributed by atoms with Crippen molar-refractivity contribution in [3.8, 4) is 0 Å². The van der Waals surface area contributed by atoms with Gasteiger partial charge in [0.1, 0.15) is 0 Å². The second-order valence-corrected chi connectivity index (χ2v) is 3.09. The lowest BCUT2D eigenvalue weighted by molar-refractivity contribution is 0.998. The molecule has 0 aromatic heterocycles. The van der Waals surface area contributed by atoms with Crippen LogP contribution in [0.4, 0.5) is 0 Å². The maximum absolute atomic E-state index is 2.21. The SMILES string of the molecule is C/C=C/CCc1ccc(C)cc1. The number of hydrogen-bond acceptors (Lipinski definition) is 0. The number of rotatable bonds is 3. The predicted octanol–water partition coefficient (Wildman–Crippen LogP) is 3.50. The molecule has 0 spiro atoms. The first-order valence-corrected chi connectivity index (χ1v) is 4.49. The largest absolute Gasteiger partial charge is 0.0917 e. The first-order chi connectivity index (χ1) is 5.83. The van der Waals surface area contributed by atoms with E-state index in [2.05, 4.69) is 50.3 Å². The third-order valence-electron chi connectivity index (χ3n) is 1.96. The number of benzene rings is 1. The summed E-state index contributed by atoms with van der Waals surface area (Å²) in [4.78, 5) is 0. The highest BCUT2D eigenvalue weighted by Gasteiger charge is 1.89. The minimum absolute atomic E-state index is 1.15. The minimum atomic E-state index is 1.15. The highest BCUT2D eigenvalue weighted by atomic mass is 13.9. The maximum atomic E-state index is 2.21. The standard InChI is InChI=1S/C12H16/c1-3-4-5-6-12-9-7-11(2)8-10-12/h3-4,7-10H,5-6H2,1-2H3/b4-3+. The van der Waals surface area contributed by atoms with Crippen LogP contribution in [0.5, 0.6) is 0 Å². The van der Waals surface area contributed by atoms with E-state index in [1.54, 1.807) is 0 Å². The quantitative estimate of drug-likeness (QED) is 0.594. The molecule has 1 rings (SSSR count). The van der Waals surface area contributed by atoms with E-state index in [0.717, 1.165) is 12.8 Å². The highest BCUT2D eigenvalue weighted by molar-refractivity contribution is 5.21. The number of aryl methyl sites for hydroxylation is 2. The third-order valence-corrected chi connectivity index (χ3v) is 1.96. The van der Waals surface area contributed by atoms with Gasteiger partial charge in [-0.05, 0) is 32.3 Å². The van der Waals surface area contributed by atoms with Gasteiger partial charge in [0.2, 0.25) is 0 Å². The summed E-state index contributed by atoms with van der Waals surface area (Å²) in [5, 5.41) is 0. The summed E-state index contributed by atoms with van der Waals surface area (Å²) in [7, 11) is 0. The highest BCUT2D eigenvalue weighted by Crippen LogP contribution is 2.05. The normalized spacial score (nSPS) is 10.8. The molecule has 1 aromatic carbocycles. The van der Waals surface area contributed by atoms with Gasteiger partial charge < -0.3 is 0 Å². The third kappa shape index (κ3) is 2.91. The zero-order chi connectivity index (χ0) is 8.81. The molecule has 0 aliphatic rings. The van der Waals surface area contributed by atoms with E-state index >= 15 is 0 Å². The van der Waals surface area contributed by atoms with Gasteiger partial charge in [-0.3, -0.25) is 0 Å². The van der Waals surface area contributed by atoms with E-state index in [9.17, 15) is 0 Å². The summed E-state index contributed by atoms with van der Waals surface area (Å²) >= 11 is 0. The summed E-state index contributed by atoms with van der Waals surface area (Å²) in [5.74, 6) is 0. The van der Waals surface area contributed by atoms with Crippen LogP contribution in [0.15, 0.2) is 36.4 Å². The predicted molar refractivity (Wildman–Crippen MR) is 54.3 cm³/mol. The molecule has 0 saturated heterocycles. The lowest BCUT2D eigenvalue weighted by Crippen LogP contribution is -1.82. The van der Waals surface area contributed by atoms with Gasteiger partial charge in [-0.1, -0.05) is 42.0 Å². The van der Waals surface area contributed by atoms with Gasteiger partial charge in [-0.15, -0.1) is 0 Å². The fraction of sp³-hybridized carbons (Fsp3) is 0.333. The number of allylic oxidation sites excluding steroid dienone is 2. The van der Waals surface area contributed by atoms with Crippen molar-refractivity contribution in [2.45, 2.75) is 26.7 Å². The number of hydrogen-bond donors (Lipinski definition) is 0. The van der Waals surface area contributed by atoms with Gasteiger partial charge in [-0.2, -0.15) is 0 Å². The van der Waals surface area contributed by atoms with Crippen molar-refractivity contribution in [1.82, 2.24) is 0 Å². The fourth-order valence-electron chi connectivity index (χ4n) is 1.17. The summed E-state index contributed by atoms with van der Waals surface area (Å²) < 4.78 is 0. The molecule has 0 bridgehead atoms. The van der Waals surface area contributed by atoms with Crippen LogP contribution in [-0.2, 0) is 6.42 Å². The molecule has 0 amide bonds. The molecule has 0 aliphatic carbocycles. The van der Waals surface area contributed by atoms with Crippen molar-refractivity contribution in [3.63, 3.8) is 0 Å². The van der Waals surface area contributed by atoms with Gasteiger partial charge >= 0.3 is 0 Å². The molecule has 0 fully saturated rings. The molecule has 0 atom stereocenters. The smallest absolute Gasteiger partial charge is 0.0244 e. The average molecular weight is 160 g/mol. The monoisotopic (exact) mass is 160 g/mol. The van der Waals surface area contributed by atoms with Gasteiger partial charge in [0.05, 0.1) is 0 Å².